The van der Waals surface area contributed by atoms with Gasteiger partial charge in [-0.2, -0.15) is 0 Å². The highest BCUT2D eigenvalue weighted by atomic mass is 16.4. The second-order valence-electron chi connectivity index (χ2n) is 7.51. The van der Waals surface area contributed by atoms with Crippen LogP contribution in [0.25, 0.3) is 32.9 Å². The molecule has 5 rings (SSSR count). The molecule has 0 aliphatic heterocycles. The highest BCUT2D eigenvalue weighted by molar-refractivity contribution is 6.08. The van der Waals surface area contributed by atoms with Gasteiger partial charge in [0.25, 0.3) is 0 Å². The van der Waals surface area contributed by atoms with Crippen LogP contribution in [0.3, 0.4) is 0 Å². The third-order valence-corrected chi connectivity index (χ3v) is 5.68. The van der Waals surface area contributed by atoms with E-state index >= 15 is 0 Å². The molecule has 0 aliphatic carbocycles. The van der Waals surface area contributed by atoms with E-state index in [0.717, 1.165) is 27.7 Å². The summed E-state index contributed by atoms with van der Waals surface area (Å²) in [6.07, 6.45) is 0.0143. The molecular weight excluding hydrogens is 370 g/mol. The van der Waals surface area contributed by atoms with Gasteiger partial charge in [0.2, 0.25) is 0 Å². The zero-order valence-electron chi connectivity index (χ0n) is 16.4. The van der Waals surface area contributed by atoms with Gasteiger partial charge in [0.1, 0.15) is 0 Å². The Morgan fingerprint density at radius 3 is 2.17 bits per heavy atom. The quantitative estimate of drug-likeness (QED) is 0.370. The molecule has 0 fully saturated rings. The molecule has 1 unspecified atom stereocenters. The molecule has 146 valence electrons. The molecule has 1 atom stereocenters. The second kappa shape index (κ2) is 7.53. The summed E-state index contributed by atoms with van der Waals surface area (Å²) in [5.41, 5.74) is 4.13. The molecule has 30 heavy (non-hydrogen) atoms. The van der Waals surface area contributed by atoms with Crippen molar-refractivity contribution in [3.8, 4) is 11.3 Å². The molecule has 3 heteroatoms. The lowest BCUT2D eigenvalue weighted by atomic mass is 10.0. The third kappa shape index (κ3) is 3.15. The van der Waals surface area contributed by atoms with Crippen molar-refractivity contribution in [2.45, 2.75) is 12.5 Å². The fourth-order valence-corrected chi connectivity index (χ4v) is 4.35. The first-order valence-corrected chi connectivity index (χ1v) is 10.1. The van der Waals surface area contributed by atoms with Crippen molar-refractivity contribution in [2.24, 2.45) is 0 Å². The fraction of sp³-hybridized carbons (Fsp3) is 0.0741. The van der Waals surface area contributed by atoms with Crippen molar-refractivity contribution < 1.29 is 9.90 Å². The first-order chi connectivity index (χ1) is 14.7. The molecule has 0 spiro atoms. The summed E-state index contributed by atoms with van der Waals surface area (Å²) in [5, 5.41) is 13.2. The molecule has 0 amide bonds. The van der Waals surface area contributed by atoms with Crippen LogP contribution in [0, 0.1) is 0 Å². The summed E-state index contributed by atoms with van der Waals surface area (Å²) >= 11 is 0. The number of nitrogens with zero attached hydrogens (tertiary/aromatic N) is 1. The number of carboxylic acids is 1. The summed E-state index contributed by atoms with van der Waals surface area (Å²) in [6.45, 7) is 0. The highest BCUT2D eigenvalue weighted by Gasteiger charge is 2.23. The van der Waals surface area contributed by atoms with Crippen molar-refractivity contribution in [1.29, 1.82) is 0 Å². The van der Waals surface area contributed by atoms with Crippen LogP contribution in [0.5, 0.6) is 0 Å². The third-order valence-electron chi connectivity index (χ3n) is 5.68. The van der Waals surface area contributed by atoms with E-state index in [1.54, 1.807) is 0 Å². The predicted molar refractivity (Wildman–Crippen MR) is 122 cm³/mol. The van der Waals surface area contributed by atoms with Crippen molar-refractivity contribution in [3.05, 3.63) is 109 Å². The van der Waals surface area contributed by atoms with Gasteiger partial charge in [0, 0.05) is 16.6 Å². The predicted octanol–water partition coefficient (Wildman–Crippen LogP) is 6.53. The van der Waals surface area contributed by atoms with Crippen molar-refractivity contribution in [3.63, 3.8) is 0 Å². The molecule has 0 radical (unpaired) electrons. The molecule has 0 saturated heterocycles. The van der Waals surface area contributed by atoms with Gasteiger partial charge in [-0.05, 0) is 34.0 Å². The maximum Gasteiger partial charge on any atom is 0.305 e. The average molecular weight is 391 g/mol. The van der Waals surface area contributed by atoms with Crippen LogP contribution in [0.2, 0.25) is 0 Å². The van der Waals surface area contributed by atoms with Crippen molar-refractivity contribution in [2.75, 3.05) is 0 Å². The molecule has 1 N–H and O–H groups in total. The van der Waals surface area contributed by atoms with E-state index in [-0.39, 0.29) is 12.5 Å². The molecular formula is C27H21NO2. The minimum absolute atomic E-state index is 0.0143. The molecule has 0 saturated carbocycles. The van der Waals surface area contributed by atoms with Gasteiger partial charge >= 0.3 is 5.97 Å². The lowest BCUT2D eigenvalue weighted by Gasteiger charge is -2.22. The van der Waals surface area contributed by atoms with Crippen molar-refractivity contribution in [1.82, 2.24) is 4.57 Å². The van der Waals surface area contributed by atoms with Crippen LogP contribution in [0.1, 0.15) is 18.0 Å². The molecule has 0 bridgehead atoms. The van der Waals surface area contributed by atoms with E-state index in [2.05, 4.69) is 47.0 Å². The molecule has 1 aromatic heterocycles. The Balaban J connectivity index is 1.86. The minimum atomic E-state index is -0.814. The van der Waals surface area contributed by atoms with Crippen LogP contribution < -0.4 is 0 Å². The SMILES string of the molecule is O=C(O)CC(c1ccccc1)n1c(-c2ccccc2)cc2c3ccccc3ccc21. The summed E-state index contributed by atoms with van der Waals surface area (Å²) in [7, 11) is 0. The summed E-state index contributed by atoms with van der Waals surface area (Å²) in [6, 6.07) is 34.6. The number of benzene rings is 4. The van der Waals surface area contributed by atoms with Crippen LogP contribution in [0.4, 0.5) is 0 Å². The Morgan fingerprint density at radius 1 is 0.767 bits per heavy atom. The maximum atomic E-state index is 11.9. The lowest BCUT2D eigenvalue weighted by Crippen LogP contribution is -2.16. The van der Waals surface area contributed by atoms with E-state index in [0.29, 0.717) is 0 Å². The lowest BCUT2D eigenvalue weighted by molar-refractivity contribution is -0.137. The Hall–Kier alpha value is -3.85. The number of carboxylic acid groups (broad SMARTS) is 1. The number of aliphatic carboxylic acids is 1. The van der Waals surface area contributed by atoms with Gasteiger partial charge in [-0.25, -0.2) is 0 Å². The van der Waals surface area contributed by atoms with Gasteiger partial charge in [0.05, 0.1) is 12.5 Å². The Kier molecular flexibility index (Phi) is 4.56. The zero-order valence-corrected chi connectivity index (χ0v) is 16.4. The summed E-state index contributed by atoms with van der Waals surface area (Å²) in [5.74, 6) is -0.814. The maximum absolute atomic E-state index is 11.9. The molecule has 0 aliphatic rings. The topological polar surface area (TPSA) is 42.2 Å². The van der Waals surface area contributed by atoms with Crippen LogP contribution in [0.15, 0.2) is 103 Å². The largest absolute Gasteiger partial charge is 0.481 e. The zero-order chi connectivity index (χ0) is 20.5. The Morgan fingerprint density at radius 2 is 1.43 bits per heavy atom. The highest BCUT2D eigenvalue weighted by Crippen LogP contribution is 2.38. The number of hydrogen-bond donors (Lipinski definition) is 1. The van der Waals surface area contributed by atoms with Gasteiger partial charge in [-0.3, -0.25) is 4.79 Å². The minimum Gasteiger partial charge on any atom is -0.481 e. The Labute approximate surface area is 174 Å². The summed E-state index contributed by atoms with van der Waals surface area (Å²) < 4.78 is 2.19. The number of rotatable bonds is 5. The molecule has 1 heterocycles. The van der Waals surface area contributed by atoms with Gasteiger partial charge in [0.15, 0.2) is 0 Å². The van der Waals surface area contributed by atoms with E-state index in [1.807, 2.05) is 60.7 Å². The molecule has 3 nitrogen and oxygen atoms in total. The van der Waals surface area contributed by atoms with Gasteiger partial charge < -0.3 is 9.67 Å². The first kappa shape index (κ1) is 18.2. The van der Waals surface area contributed by atoms with Crippen molar-refractivity contribution >= 4 is 27.6 Å². The monoisotopic (exact) mass is 391 g/mol. The fourth-order valence-electron chi connectivity index (χ4n) is 4.35. The number of carbonyl (C=O) groups is 1. The van der Waals surface area contributed by atoms with Crippen LogP contribution in [-0.2, 0) is 4.79 Å². The van der Waals surface area contributed by atoms with Crippen LogP contribution >= 0.6 is 0 Å². The Bertz CT molecular complexity index is 1340. The average Bonchev–Trinajstić information content (AvgIpc) is 3.18. The normalized spacial score (nSPS) is 12.3. The molecule has 4 aromatic carbocycles. The van der Waals surface area contributed by atoms with E-state index < -0.39 is 5.97 Å². The van der Waals surface area contributed by atoms with Gasteiger partial charge in [-0.1, -0.05) is 91.0 Å². The molecule has 5 aromatic rings. The second-order valence-corrected chi connectivity index (χ2v) is 7.51. The number of fused-ring (bicyclic) bond motifs is 3. The number of aromatic nitrogens is 1. The van der Waals surface area contributed by atoms with Crippen LogP contribution in [-0.4, -0.2) is 15.6 Å². The van der Waals surface area contributed by atoms with Gasteiger partial charge in [-0.15, -0.1) is 0 Å². The van der Waals surface area contributed by atoms with E-state index in [4.69, 9.17) is 0 Å². The first-order valence-electron chi connectivity index (χ1n) is 10.1. The van der Waals surface area contributed by atoms with E-state index in [1.165, 1.54) is 10.8 Å². The van der Waals surface area contributed by atoms with E-state index in [9.17, 15) is 9.90 Å². The summed E-state index contributed by atoms with van der Waals surface area (Å²) in [4.78, 5) is 11.9. The standard InChI is InChI=1S/C27H21NO2/c29-27(30)18-26(21-12-5-2-6-13-21)28-24-16-15-19-9-7-8-14-22(19)23(24)17-25(28)20-10-3-1-4-11-20/h1-17,26H,18H2,(H,29,30). The smallest absolute Gasteiger partial charge is 0.305 e. The number of hydrogen-bond acceptors (Lipinski definition) is 1.